The number of hydrogen-bond donors (Lipinski definition) is 1. The van der Waals surface area contributed by atoms with Crippen molar-refractivity contribution in [2.45, 2.75) is 12.2 Å². The van der Waals surface area contributed by atoms with E-state index in [4.69, 9.17) is 16.3 Å². The third-order valence-electron chi connectivity index (χ3n) is 3.89. The van der Waals surface area contributed by atoms with Crippen LogP contribution in [-0.2, 0) is 9.59 Å². The molecule has 1 heterocycles. The van der Waals surface area contributed by atoms with E-state index in [0.29, 0.717) is 27.3 Å². The average molecular weight is 404 g/mol. The molecular formula is C19H18ClN3O3S. The van der Waals surface area contributed by atoms with Crippen molar-refractivity contribution >= 4 is 51.7 Å². The number of ether oxygens (including phenoxy) is 1. The van der Waals surface area contributed by atoms with Gasteiger partial charge in [-0.05, 0) is 43.3 Å². The predicted molar refractivity (Wildman–Crippen MR) is 110 cm³/mol. The Labute approximate surface area is 166 Å². The normalized spacial score (nSPS) is 14.7. The fourth-order valence-corrected chi connectivity index (χ4v) is 3.62. The molecule has 3 rings (SSSR count). The van der Waals surface area contributed by atoms with Crippen molar-refractivity contribution in [3.05, 3.63) is 53.6 Å². The monoisotopic (exact) mass is 403 g/mol. The number of nitrogens with one attached hydrogen (secondary N) is 1. The number of carbonyl (C=O) groups excluding carboxylic acids is 2. The number of amides is 2. The summed E-state index contributed by atoms with van der Waals surface area (Å²) in [6, 6.07) is 14.1. The van der Waals surface area contributed by atoms with Gasteiger partial charge in [0.05, 0.1) is 23.1 Å². The van der Waals surface area contributed by atoms with E-state index in [1.54, 1.807) is 62.6 Å². The fourth-order valence-electron chi connectivity index (χ4n) is 2.47. The highest BCUT2D eigenvalue weighted by molar-refractivity contribution is 8.15. The van der Waals surface area contributed by atoms with Crippen molar-refractivity contribution in [1.82, 2.24) is 0 Å². The molecule has 27 heavy (non-hydrogen) atoms. The summed E-state index contributed by atoms with van der Waals surface area (Å²) in [7, 11) is 1.58. The van der Waals surface area contributed by atoms with Crippen LogP contribution in [0.15, 0.2) is 53.5 Å². The van der Waals surface area contributed by atoms with Crippen LogP contribution in [0, 0.1) is 0 Å². The van der Waals surface area contributed by atoms with Gasteiger partial charge in [0.1, 0.15) is 12.3 Å². The maximum absolute atomic E-state index is 12.5. The molecule has 0 unspecified atom stereocenters. The van der Waals surface area contributed by atoms with Crippen LogP contribution in [0.5, 0.6) is 5.75 Å². The molecule has 1 atom stereocenters. The molecule has 0 spiro atoms. The number of anilines is 2. The Balaban J connectivity index is 1.68. The average Bonchev–Trinajstić information content (AvgIpc) is 3.03. The molecule has 0 bridgehead atoms. The molecule has 0 saturated heterocycles. The van der Waals surface area contributed by atoms with Gasteiger partial charge < -0.3 is 10.1 Å². The lowest BCUT2D eigenvalue weighted by molar-refractivity contribution is -0.116. The first-order valence-electron chi connectivity index (χ1n) is 8.23. The van der Waals surface area contributed by atoms with E-state index in [2.05, 4.69) is 10.3 Å². The Morgan fingerprint density at radius 2 is 1.96 bits per heavy atom. The Morgan fingerprint density at radius 1 is 1.26 bits per heavy atom. The summed E-state index contributed by atoms with van der Waals surface area (Å²) in [5, 5.41) is 3.31. The van der Waals surface area contributed by atoms with Gasteiger partial charge in [-0.15, -0.1) is 0 Å². The minimum Gasteiger partial charge on any atom is -0.497 e. The summed E-state index contributed by atoms with van der Waals surface area (Å²) in [6.07, 6.45) is 0. The van der Waals surface area contributed by atoms with Crippen molar-refractivity contribution in [2.24, 2.45) is 4.99 Å². The van der Waals surface area contributed by atoms with Gasteiger partial charge in [0.25, 0.3) is 5.91 Å². The molecule has 6 nitrogen and oxygen atoms in total. The Kier molecular flexibility index (Phi) is 6.03. The number of nitrogens with zero attached hydrogens (tertiary/aromatic N) is 2. The SMILES string of the molecule is COc1ccc(NC(=O)[C@H](C)SC2=NCC(=O)N2c2ccccc2Cl)cc1. The van der Waals surface area contributed by atoms with Crippen molar-refractivity contribution in [2.75, 3.05) is 23.9 Å². The first-order valence-corrected chi connectivity index (χ1v) is 9.49. The molecule has 0 radical (unpaired) electrons. The second-order valence-electron chi connectivity index (χ2n) is 5.76. The van der Waals surface area contributed by atoms with Gasteiger partial charge in [-0.25, -0.2) is 0 Å². The third kappa shape index (κ3) is 4.43. The van der Waals surface area contributed by atoms with Gasteiger partial charge >= 0.3 is 0 Å². The number of para-hydroxylation sites is 1. The minimum atomic E-state index is -0.457. The number of thioether (sulfide) groups is 1. The molecule has 0 aliphatic carbocycles. The first-order chi connectivity index (χ1) is 13.0. The number of methoxy groups -OCH3 is 1. The van der Waals surface area contributed by atoms with E-state index in [1.807, 2.05) is 0 Å². The molecule has 1 N–H and O–H groups in total. The smallest absolute Gasteiger partial charge is 0.254 e. The van der Waals surface area contributed by atoms with Crippen LogP contribution >= 0.6 is 23.4 Å². The van der Waals surface area contributed by atoms with Crippen molar-refractivity contribution < 1.29 is 14.3 Å². The topological polar surface area (TPSA) is 71.0 Å². The zero-order chi connectivity index (χ0) is 19.4. The standard InChI is InChI=1S/C19H18ClN3O3S/c1-12(18(25)22-13-7-9-14(26-2)10-8-13)27-19-21-11-17(24)23(19)16-6-4-3-5-15(16)20/h3-10,12H,11H2,1-2H3,(H,22,25)/t12-/m0/s1. The highest BCUT2D eigenvalue weighted by atomic mass is 35.5. The van der Waals surface area contributed by atoms with Crippen LogP contribution in [0.3, 0.4) is 0 Å². The molecule has 0 saturated carbocycles. The molecular weight excluding hydrogens is 386 g/mol. The van der Waals surface area contributed by atoms with Crippen LogP contribution in [-0.4, -0.2) is 35.9 Å². The van der Waals surface area contributed by atoms with E-state index in [-0.39, 0.29) is 18.4 Å². The number of amidine groups is 1. The maximum atomic E-state index is 12.5. The minimum absolute atomic E-state index is 0.0420. The molecule has 2 amide bonds. The predicted octanol–water partition coefficient (Wildman–Crippen LogP) is 3.81. The third-order valence-corrected chi connectivity index (χ3v) is 5.30. The lowest BCUT2D eigenvalue weighted by atomic mass is 10.3. The van der Waals surface area contributed by atoms with E-state index in [9.17, 15) is 9.59 Å². The lowest BCUT2D eigenvalue weighted by Gasteiger charge is -2.21. The highest BCUT2D eigenvalue weighted by Gasteiger charge is 2.31. The van der Waals surface area contributed by atoms with Crippen LogP contribution in [0.2, 0.25) is 5.02 Å². The first kappa shape index (κ1) is 19.3. The van der Waals surface area contributed by atoms with Crippen LogP contribution in [0.1, 0.15) is 6.92 Å². The van der Waals surface area contributed by atoms with E-state index < -0.39 is 5.25 Å². The van der Waals surface area contributed by atoms with Crippen LogP contribution in [0.25, 0.3) is 0 Å². The second kappa shape index (κ2) is 8.45. The fraction of sp³-hybridized carbons (Fsp3) is 0.211. The molecule has 0 fully saturated rings. The second-order valence-corrected chi connectivity index (χ2v) is 7.47. The number of benzene rings is 2. The molecule has 140 valence electrons. The van der Waals surface area contributed by atoms with Crippen LogP contribution < -0.4 is 15.0 Å². The Hall–Kier alpha value is -2.51. The zero-order valence-corrected chi connectivity index (χ0v) is 16.4. The quantitative estimate of drug-likeness (QED) is 0.824. The zero-order valence-electron chi connectivity index (χ0n) is 14.8. The molecule has 0 aromatic heterocycles. The van der Waals surface area contributed by atoms with Gasteiger partial charge in [0, 0.05) is 5.69 Å². The van der Waals surface area contributed by atoms with Gasteiger partial charge in [-0.3, -0.25) is 19.5 Å². The van der Waals surface area contributed by atoms with Crippen molar-refractivity contribution in [1.29, 1.82) is 0 Å². The number of carbonyl (C=O) groups is 2. The Morgan fingerprint density at radius 3 is 2.63 bits per heavy atom. The lowest BCUT2D eigenvalue weighted by Crippen LogP contribution is -2.33. The maximum Gasteiger partial charge on any atom is 0.254 e. The number of hydrogen-bond acceptors (Lipinski definition) is 5. The Bertz CT molecular complexity index is 886. The summed E-state index contributed by atoms with van der Waals surface area (Å²) in [5.74, 6) is 0.351. The summed E-state index contributed by atoms with van der Waals surface area (Å²) in [5.41, 5.74) is 1.23. The van der Waals surface area contributed by atoms with E-state index in [0.717, 1.165) is 0 Å². The summed E-state index contributed by atoms with van der Waals surface area (Å²) < 4.78 is 5.10. The molecule has 2 aromatic rings. The number of aliphatic imine (C=N–C) groups is 1. The summed E-state index contributed by atoms with van der Waals surface area (Å²) in [6.45, 7) is 1.81. The van der Waals surface area contributed by atoms with Crippen molar-refractivity contribution in [3.8, 4) is 5.75 Å². The molecule has 2 aromatic carbocycles. The van der Waals surface area contributed by atoms with Gasteiger partial charge in [0.15, 0.2) is 5.17 Å². The van der Waals surface area contributed by atoms with Crippen molar-refractivity contribution in [3.63, 3.8) is 0 Å². The summed E-state index contributed by atoms with van der Waals surface area (Å²) >= 11 is 7.44. The molecule has 8 heteroatoms. The van der Waals surface area contributed by atoms with Gasteiger partial charge in [-0.2, -0.15) is 0 Å². The van der Waals surface area contributed by atoms with E-state index in [1.165, 1.54) is 16.7 Å². The van der Waals surface area contributed by atoms with Gasteiger partial charge in [-0.1, -0.05) is 35.5 Å². The largest absolute Gasteiger partial charge is 0.497 e. The van der Waals surface area contributed by atoms with Gasteiger partial charge in [0.2, 0.25) is 5.91 Å². The van der Waals surface area contributed by atoms with E-state index >= 15 is 0 Å². The molecule has 1 aliphatic rings. The highest BCUT2D eigenvalue weighted by Crippen LogP contribution is 2.31. The molecule has 1 aliphatic heterocycles. The van der Waals surface area contributed by atoms with Crippen LogP contribution in [0.4, 0.5) is 11.4 Å². The number of halogens is 1. The number of rotatable bonds is 5. The summed E-state index contributed by atoms with van der Waals surface area (Å²) in [4.78, 5) is 30.5.